The van der Waals surface area contributed by atoms with Gasteiger partial charge in [-0.05, 0) is 59.3 Å². The van der Waals surface area contributed by atoms with Gasteiger partial charge in [-0.2, -0.15) is 20.2 Å². The van der Waals surface area contributed by atoms with Crippen LogP contribution in [0.15, 0.2) is 33.6 Å². The van der Waals surface area contributed by atoms with Crippen LogP contribution in [-0.2, 0) is 40.5 Å². The molecule has 0 spiro atoms. The Morgan fingerprint density at radius 2 is 1.20 bits per heavy atom. The van der Waals surface area contributed by atoms with Crippen LogP contribution in [0.5, 0.6) is 0 Å². The highest BCUT2D eigenvalue weighted by Gasteiger charge is 2.27. The molecule has 2 aliphatic carbocycles. The molecule has 332 valence electrons. The highest BCUT2D eigenvalue weighted by atomic mass is 16.6. The first-order chi connectivity index (χ1) is 29.0. The molecule has 4 aromatic heterocycles. The van der Waals surface area contributed by atoms with Gasteiger partial charge in [-0.25, -0.2) is 0 Å². The van der Waals surface area contributed by atoms with Crippen molar-refractivity contribution in [2.24, 2.45) is 11.8 Å². The van der Waals surface area contributed by atoms with Crippen LogP contribution in [0.3, 0.4) is 0 Å². The number of carboxylic acids is 1. The Balaban J connectivity index is 0.000000230. The molecule has 0 saturated heterocycles. The number of nitrogens with zero attached hydrogens (tertiary/aromatic N) is 8. The third kappa shape index (κ3) is 15.7. The zero-order valence-corrected chi connectivity index (χ0v) is 36.7. The van der Waals surface area contributed by atoms with Gasteiger partial charge in [0, 0.05) is 37.1 Å². The molecule has 4 heterocycles. The van der Waals surface area contributed by atoms with Crippen LogP contribution in [0.25, 0.3) is 0 Å². The number of aryl methyl sites for hydroxylation is 2. The number of carbonyl (C=O) groups is 2. The summed E-state index contributed by atoms with van der Waals surface area (Å²) in [7, 11) is 0. The zero-order valence-electron chi connectivity index (χ0n) is 36.7. The fourth-order valence-electron chi connectivity index (χ4n) is 8.50. The van der Waals surface area contributed by atoms with Crippen LogP contribution in [-0.4, -0.2) is 62.5 Å². The van der Waals surface area contributed by atoms with Crippen molar-refractivity contribution in [3.05, 3.63) is 48.0 Å². The van der Waals surface area contributed by atoms with Gasteiger partial charge in [0.25, 0.3) is 0 Å². The molecule has 0 unspecified atom stereocenters. The molecular formula is C44H70N10O6. The lowest BCUT2D eigenvalue weighted by molar-refractivity contribution is -0.155. The van der Waals surface area contributed by atoms with E-state index in [-0.39, 0.29) is 30.6 Å². The molecule has 3 N–H and O–H groups in total. The average Bonchev–Trinajstić information content (AvgIpc) is 4.07. The molecule has 16 heteroatoms. The minimum atomic E-state index is -0.826. The Morgan fingerprint density at radius 3 is 1.62 bits per heavy atom. The number of hydrogen-bond donors (Lipinski definition) is 3. The minimum absolute atomic E-state index is 0.0301. The molecule has 0 amide bonds. The van der Waals surface area contributed by atoms with Crippen LogP contribution in [0, 0.1) is 11.8 Å². The van der Waals surface area contributed by atoms with Crippen molar-refractivity contribution in [2.45, 2.75) is 194 Å². The summed E-state index contributed by atoms with van der Waals surface area (Å²) in [5.74, 6) is 4.11. The molecule has 0 aliphatic heterocycles. The number of aliphatic carboxylic acids is 1. The van der Waals surface area contributed by atoms with Gasteiger partial charge in [0.15, 0.2) is 11.6 Å². The van der Waals surface area contributed by atoms with Crippen LogP contribution in [0.1, 0.15) is 185 Å². The Kier molecular flexibility index (Phi) is 18.4. The Morgan fingerprint density at radius 1 is 0.750 bits per heavy atom. The van der Waals surface area contributed by atoms with E-state index in [2.05, 4.69) is 41.1 Å². The van der Waals surface area contributed by atoms with Gasteiger partial charge < -0.3 is 29.5 Å². The molecule has 2 saturated carbocycles. The summed E-state index contributed by atoms with van der Waals surface area (Å²) in [6.07, 6.45) is 23.3. The SMILES string of the molecule is CCn1nccc1NCc1noc([C@H](CCCC2CCCCC2)CC(=O)O)n1.CCn1nccc1NCc1noc([C@H](CCCC2CCCCC2)CC(=O)OC(C)(C)C)n1. The van der Waals surface area contributed by atoms with Crippen molar-refractivity contribution in [1.82, 2.24) is 39.8 Å². The van der Waals surface area contributed by atoms with Crippen molar-refractivity contribution in [1.29, 1.82) is 0 Å². The van der Waals surface area contributed by atoms with Gasteiger partial charge in [0.05, 0.1) is 38.3 Å². The number of aromatic nitrogens is 8. The van der Waals surface area contributed by atoms with Crippen molar-refractivity contribution < 1.29 is 28.5 Å². The lowest BCUT2D eigenvalue weighted by atomic mass is 9.84. The third-order valence-corrected chi connectivity index (χ3v) is 11.6. The summed E-state index contributed by atoms with van der Waals surface area (Å²) in [6.45, 7) is 12.1. The van der Waals surface area contributed by atoms with Gasteiger partial charge in [-0.1, -0.05) is 100 Å². The molecule has 4 aromatic rings. The van der Waals surface area contributed by atoms with Gasteiger partial charge in [0.2, 0.25) is 11.8 Å². The normalized spacial score (nSPS) is 16.1. The Hall–Kier alpha value is -4.76. The summed E-state index contributed by atoms with van der Waals surface area (Å²) in [5.41, 5.74) is -0.504. The second kappa shape index (κ2) is 23.9. The predicted octanol–water partition coefficient (Wildman–Crippen LogP) is 9.67. The zero-order chi connectivity index (χ0) is 42.7. The molecule has 0 aromatic carbocycles. The lowest BCUT2D eigenvalue weighted by Crippen LogP contribution is -2.25. The lowest BCUT2D eigenvalue weighted by Gasteiger charge is -2.23. The molecule has 2 atom stereocenters. The maximum atomic E-state index is 12.5. The number of carbonyl (C=O) groups excluding carboxylic acids is 1. The summed E-state index contributed by atoms with van der Waals surface area (Å²) in [4.78, 5) is 32.9. The molecular weight excluding hydrogens is 765 g/mol. The number of ether oxygens (including phenoxy) is 1. The van der Waals surface area contributed by atoms with E-state index in [1.54, 1.807) is 12.4 Å². The quantitative estimate of drug-likeness (QED) is 0.0632. The third-order valence-electron chi connectivity index (χ3n) is 11.6. The van der Waals surface area contributed by atoms with E-state index < -0.39 is 11.6 Å². The molecule has 0 radical (unpaired) electrons. The molecule has 60 heavy (non-hydrogen) atoms. The molecule has 16 nitrogen and oxygen atoms in total. The van der Waals surface area contributed by atoms with E-state index in [1.807, 2.05) is 56.1 Å². The monoisotopic (exact) mass is 835 g/mol. The first-order valence-corrected chi connectivity index (χ1v) is 22.6. The fourth-order valence-corrected chi connectivity index (χ4v) is 8.50. The van der Waals surface area contributed by atoms with E-state index in [4.69, 9.17) is 13.8 Å². The first-order valence-electron chi connectivity index (χ1n) is 22.6. The maximum Gasteiger partial charge on any atom is 0.307 e. The topological polar surface area (TPSA) is 201 Å². The van der Waals surface area contributed by atoms with Crippen LogP contribution in [0.4, 0.5) is 11.6 Å². The van der Waals surface area contributed by atoms with E-state index in [0.717, 1.165) is 62.2 Å². The van der Waals surface area contributed by atoms with Crippen LogP contribution < -0.4 is 10.6 Å². The molecule has 2 aliphatic rings. The van der Waals surface area contributed by atoms with E-state index >= 15 is 0 Å². The van der Waals surface area contributed by atoms with Crippen molar-refractivity contribution in [2.75, 3.05) is 10.6 Å². The summed E-state index contributed by atoms with van der Waals surface area (Å²) >= 11 is 0. The van der Waals surface area contributed by atoms with Gasteiger partial charge in [-0.15, -0.1) is 0 Å². The molecule has 6 rings (SSSR count). The summed E-state index contributed by atoms with van der Waals surface area (Å²) in [6, 6.07) is 3.81. The number of anilines is 2. The van der Waals surface area contributed by atoms with Crippen molar-refractivity contribution in [3.63, 3.8) is 0 Å². The van der Waals surface area contributed by atoms with Crippen molar-refractivity contribution >= 4 is 23.6 Å². The van der Waals surface area contributed by atoms with Gasteiger partial charge in [-0.3, -0.25) is 19.0 Å². The largest absolute Gasteiger partial charge is 0.481 e. The van der Waals surface area contributed by atoms with Crippen LogP contribution >= 0.6 is 0 Å². The first kappa shape index (κ1) is 46.3. The van der Waals surface area contributed by atoms with E-state index in [9.17, 15) is 14.7 Å². The number of hydrogen-bond acceptors (Lipinski definition) is 13. The van der Waals surface area contributed by atoms with Gasteiger partial charge in [0.1, 0.15) is 17.2 Å². The summed E-state index contributed by atoms with van der Waals surface area (Å²) in [5, 5.41) is 32.4. The van der Waals surface area contributed by atoms with Crippen LogP contribution in [0.2, 0.25) is 0 Å². The highest BCUT2D eigenvalue weighted by Crippen LogP contribution is 2.33. The predicted molar refractivity (Wildman–Crippen MR) is 228 cm³/mol. The van der Waals surface area contributed by atoms with Crippen molar-refractivity contribution in [3.8, 4) is 0 Å². The smallest absolute Gasteiger partial charge is 0.307 e. The fraction of sp³-hybridized carbons (Fsp3) is 0.727. The minimum Gasteiger partial charge on any atom is -0.481 e. The van der Waals surface area contributed by atoms with E-state index in [0.29, 0.717) is 36.5 Å². The standard InChI is InChI=1S/C24H39N5O3.C20H31N5O3/c1-5-29-21(14-15-26-29)25-17-20-27-23(32-28-20)19(16-22(30)31-24(2,3)4)13-9-12-18-10-7-6-8-11-18;1-2-25-18(11-12-22-25)21-14-17-23-20(28-24-17)16(13-19(26)27)10-6-9-15-7-4-3-5-8-15/h14-15,18-19,25H,5-13,16-17H2,1-4H3;11-12,15-16,21H,2-10,13-14H2,1H3,(H,26,27)/t19-;16-/m11/s1. The molecule has 2 fully saturated rings. The number of nitrogens with one attached hydrogen (secondary N) is 2. The number of esters is 1. The van der Waals surface area contributed by atoms with Gasteiger partial charge >= 0.3 is 11.9 Å². The molecule has 0 bridgehead atoms. The Labute approximate surface area is 355 Å². The summed E-state index contributed by atoms with van der Waals surface area (Å²) < 4.78 is 20.3. The second-order valence-corrected chi connectivity index (χ2v) is 17.5. The maximum absolute atomic E-state index is 12.5. The van der Waals surface area contributed by atoms with E-state index in [1.165, 1.54) is 77.0 Å². The second-order valence-electron chi connectivity index (χ2n) is 17.5. The number of carboxylic acid groups (broad SMARTS) is 1. The average molecular weight is 835 g/mol. The Bertz CT molecular complexity index is 1830. The number of rotatable bonds is 22. The highest BCUT2D eigenvalue weighted by molar-refractivity contribution is 5.70.